The van der Waals surface area contributed by atoms with Gasteiger partial charge in [-0.05, 0) is 5.92 Å². The minimum Gasteiger partial charge on any atom is -0.394 e. The molecule has 4 unspecified atom stereocenters. The quantitative estimate of drug-likeness (QED) is 0.688. The Morgan fingerprint density at radius 3 is 2.60 bits per heavy atom. The molecule has 4 atom stereocenters. The van der Waals surface area contributed by atoms with Gasteiger partial charge in [0.1, 0.15) is 0 Å². The van der Waals surface area contributed by atoms with Crippen molar-refractivity contribution in [3.05, 3.63) is 35.9 Å². The molecule has 2 aliphatic heterocycles. The molecule has 0 saturated carbocycles. The third kappa shape index (κ3) is 2.18. The van der Waals surface area contributed by atoms with Gasteiger partial charge in [0, 0.05) is 55.5 Å². The van der Waals surface area contributed by atoms with Gasteiger partial charge >= 0.3 is 0 Å². The molecule has 2 heterocycles. The molecule has 0 aliphatic carbocycles. The Balaban J connectivity index is 0.00000147. The monoisotopic (exact) mass is 488 g/mol. The summed E-state index contributed by atoms with van der Waals surface area (Å²) >= 11 is 0. The first-order valence-corrected chi connectivity index (χ1v) is 6.72. The second-order valence-electron chi connectivity index (χ2n) is 5.62. The molecule has 5 heteroatoms. The van der Waals surface area contributed by atoms with Gasteiger partial charge in [-0.1, -0.05) is 44.2 Å². The summed E-state index contributed by atoms with van der Waals surface area (Å²) in [6.07, 6.45) is -0.367. The van der Waals surface area contributed by atoms with E-state index in [-0.39, 0.29) is 74.6 Å². The van der Waals surface area contributed by atoms with E-state index in [1.807, 2.05) is 44.2 Å². The van der Waals surface area contributed by atoms with Crippen LogP contribution in [0.5, 0.6) is 0 Å². The Kier molecular flexibility index (Phi) is 4.96. The van der Waals surface area contributed by atoms with Gasteiger partial charge in [0.05, 0.1) is 18.8 Å². The second kappa shape index (κ2) is 6.04. The molecule has 0 spiro atoms. The summed E-state index contributed by atoms with van der Waals surface area (Å²) in [4.78, 5) is 14.2. The van der Waals surface area contributed by atoms with Crippen molar-refractivity contribution in [2.45, 2.75) is 25.6 Å². The maximum absolute atomic E-state index is 12.5. The fraction of sp³-hybridized carbons (Fsp3) is 0.533. The van der Waals surface area contributed by atoms with Crippen LogP contribution in [-0.4, -0.2) is 34.7 Å². The third-order valence-corrected chi connectivity index (χ3v) is 4.79. The number of rotatable bonds is 2. The molecule has 3 rings (SSSR count). The Labute approximate surface area is 155 Å². The Morgan fingerprint density at radius 2 is 2.00 bits per heavy atom. The first-order valence-electron chi connectivity index (χ1n) is 6.72. The molecule has 2 fully saturated rings. The number of aliphatic hydroxyl groups excluding tert-OH is 1. The summed E-state index contributed by atoms with van der Waals surface area (Å²) in [5.41, 5.74) is 0.407. The zero-order valence-electron chi connectivity index (χ0n) is 11.8. The van der Waals surface area contributed by atoms with E-state index in [9.17, 15) is 9.90 Å². The number of nitrogens with zero attached hydrogens (tertiary/aromatic N) is 1. The zero-order chi connectivity index (χ0) is 13.6. The molecule has 4 nitrogen and oxygen atoms in total. The maximum atomic E-state index is 12.5. The van der Waals surface area contributed by atoms with Crippen LogP contribution in [0.15, 0.2) is 30.3 Å². The van der Waals surface area contributed by atoms with Crippen LogP contribution in [-0.2, 0) is 9.53 Å². The first-order chi connectivity index (χ1) is 9.12. The molecule has 1 N–H and O–H groups in total. The molecule has 0 bridgehead atoms. The largest absolute Gasteiger partial charge is 0.394 e. The number of hydrogen-bond acceptors (Lipinski definition) is 3. The van der Waals surface area contributed by atoms with E-state index in [0.717, 1.165) is 5.56 Å². The van der Waals surface area contributed by atoms with E-state index in [1.54, 1.807) is 4.90 Å². The van der Waals surface area contributed by atoms with Crippen LogP contribution in [0.2, 0.25) is 0 Å². The molecule has 0 aromatic heterocycles. The van der Waals surface area contributed by atoms with Crippen LogP contribution in [0.1, 0.15) is 25.6 Å². The van der Waals surface area contributed by atoms with Gasteiger partial charge in [-0.3, -0.25) is 4.79 Å². The van der Waals surface area contributed by atoms with Gasteiger partial charge < -0.3 is 14.7 Å². The molecule has 105 valence electrons. The molecule has 1 aromatic rings. The molecular formula is C15H19AcNO3. The van der Waals surface area contributed by atoms with Gasteiger partial charge in [-0.15, -0.1) is 0 Å². The summed E-state index contributed by atoms with van der Waals surface area (Å²) < 4.78 is 5.83. The number of aliphatic hydroxyl groups is 1. The number of carbonyl (C=O) groups is 1. The Morgan fingerprint density at radius 1 is 1.35 bits per heavy atom. The molecule has 2 aliphatic rings. The summed E-state index contributed by atoms with van der Waals surface area (Å²) in [5, 5.41) is 9.82. The molecule has 1 radical (unpaired) electrons. The van der Waals surface area contributed by atoms with E-state index >= 15 is 0 Å². The minimum absolute atomic E-state index is 0. The topological polar surface area (TPSA) is 49.8 Å². The number of carbonyl (C=O) groups excluding carboxylic acids is 1. The maximum Gasteiger partial charge on any atom is 0.228 e. The second-order valence-corrected chi connectivity index (χ2v) is 5.62. The normalized spacial score (nSPS) is 35.9. The number of amides is 1. The number of fused-ring (bicyclic) bond motifs is 1. The Hall–Kier alpha value is 0.0516. The van der Waals surface area contributed by atoms with Crippen molar-refractivity contribution in [3.63, 3.8) is 0 Å². The predicted molar refractivity (Wildman–Crippen MR) is 70.1 cm³/mol. The van der Waals surface area contributed by atoms with Gasteiger partial charge in [0.15, 0.2) is 6.23 Å². The van der Waals surface area contributed by atoms with E-state index < -0.39 is 5.54 Å². The van der Waals surface area contributed by atoms with Crippen LogP contribution in [0.4, 0.5) is 0 Å². The van der Waals surface area contributed by atoms with Crippen molar-refractivity contribution < 1.29 is 58.7 Å². The smallest absolute Gasteiger partial charge is 0.228 e. The van der Waals surface area contributed by atoms with Crippen molar-refractivity contribution in [2.75, 3.05) is 13.2 Å². The molecule has 2 saturated heterocycles. The summed E-state index contributed by atoms with van der Waals surface area (Å²) in [5.74, 6) is 0.105. The van der Waals surface area contributed by atoms with Gasteiger partial charge in [-0.25, -0.2) is 0 Å². The summed E-state index contributed by atoms with van der Waals surface area (Å²) in [6.45, 7) is 4.31. The number of benzene rings is 1. The summed E-state index contributed by atoms with van der Waals surface area (Å²) in [7, 11) is 0. The van der Waals surface area contributed by atoms with Crippen LogP contribution in [0.25, 0.3) is 0 Å². The number of ether oxygens (including phenoxy) is 1. The average molecular weight is 488 g/mol. The molecular weight excluding hydrogens is 469 g/mol. The van der Waals surface area contributed by atoms with E-state index in [2.05, 4.69) is 0 Å². The first kappa shape index (κ1) is 16.4. The van der Waals surface area contributed by atoms with Crippen molar-refractivity contribution in [3.8, 4) is 0 Å². The standard InChI is InChI=1S/C15H19NO3.Ac/c1-10-11(2)15(8-17)9-19-14(16(15)13(10)18)12-6-4-3-5-7-12;/h3-7,10-11,14,17H,8-9H2,1-2H3;. The van der Waals surface area contributed by atoms with E-state index in [1.165, 1.54) is 0 Å². The predicted octanol–water partition coefficient (Wildman–Crippen LogP) is 1.56. The molecule has 20 heavy (non-hydrogen) atoms. The van der Waals surface area contributed by atoms with Crippen LogP contribution < -0.4 is 0 Å². The van der Waals surface area contributed by atoms with Gasteiger partial charge in [-0.2, -0.15) is 0 Å². The average Bonchev–Trinajstić information content (AvgIpc) is 2.93. The number of hydrogen-bond donors (Lipinski definition) is 1. The zero-order valence-corrected chi connectivity index (χ0v) is 16.6. The van der Waals surface area contributed by atoms with Crippen molar-refractivity contribution in [2.24, 2.45) is 11.8 Å². The Bertz CT molecular complexity index is 495. The van der Waals surface area contributed by atoms with Gasteiger partial charge in [0.2, 0.25) is 5.91 Å². The van der Waals surface area contributed by atoms with Crippen LogP contribution in [0, 0.1) is 55.9 Å². The van der Waals surface area contributed by atoms with Crippen LogP contribution >= 0.6 is 0 Å². The van der Waals surface area contributed by atoms with Crippen LogP contribution in [0.3, 0.4) is 0 Å². The van der Waals surface area contributed by atoms with E-state index in [4.69, 9.17) is 4.74 Å². The van der Waals surface area contributed by atoms with E-state index in [0.29, 0.717) is 6.61 Å². The van der Waals surface area contributed by atoms with Crippen molar-refractivity contribution >= 4 is 5.91 Å². The third-order valence-electron chi connectivity index (χ3n) is 4.79. The SMILES string of the molecule is CC1C(=O)N2C(c3ccccc3)OCC2(CO)C1C.[Ac]. The van der Waals surface area contributed by atoms with Gasteiger partial charge in [0.25, 0.3) is 0 Å². The summed E-state index contributed by atoms with van der Waals surface area (Å²) in [6, 6.07) is 9.73. The van der Waals surface area contributed by atoms with Crippen molar-refractivity contribution in [1.82, 2.24) is 4.90 Å². The molecule has 1 amide bonds. The minimum atomic E-state index is -0.559. The fourth-order valence-electron chi connectivity index (χ4n) is 3.31. The fourth-order valence-corrected chi connectivity index (χ4v) is 3.31. The molecule has 1 aromatic carbocycles. The van der Waals surface area contributed by atoms with Crippen molar-refractivity contribution in [1.29, 1.82) is 0 Å².